The molecule has 3 N–H and O–H groups in total. The number of para-hydroxylation sites is 1. The lowest BCUT2D eigenvalue weighted by atomic mass is 10.1. The molecule has 2 rings (SSSR count). The molecule has 0 aliphatic rings. The van der Waals surface area contributed by atoms with Gasteiger partial charge in [-0.1, -0.05) is 24.3 Å². The molecule has 0 aromatic heterocycles. The van der Waals surface area contributed by atoms with Crippen LogP contribution in [0.1, 0.15) is 18.1 Å². The van der Waals surface area contributed by atoms with Crippen molar-refractivity contribution < 1.29 is 14.6 Å². The number of halogens is 1. The number of rotatable bonds is 8. The summed E-state index contributed by atoms with van der Waals surface area (Å²) in [5.74, 6) is 2.26. The first-order valence-electron chi connectivity index (χ1n) is 8.67. The molecular weight excluding hydrogens is 457 g/mol. The predicted octanol–water partition coefficient (Wildman–Crippen LogP) is 3.33. The van der Waals surface area contributed by atoms with Crippen molar-refractivity contribution >= 4 is 29.9 Å². The van der Waals surface area contributed by atoms with Gasteiger partial charge in [0.05, 0.1) is 20.8 Å². The summed E-state index contributed by atoms with van der Waals surface area (Å²) in [5, 5.41) is 16.7. The van der Waals surface area contributed by atoms with Crippen molar-refractivity contribution in [2.45, 2.75) is 19.9 Å². The molecule has 0 heterocycles. The smallest absolute Gasteiger partial charge is 0.191 e. The Morgan fingerprint density at radius 2 is 1.78 bits per heavy atom. The zero-order valence-corrected chi connectivity index (χ0v) is 18.3. The van der Waals surface area contributed by atoms with Gasteiger partial charge in [-0.15, -0.1) is 24.0 Å². The van der Waals surface area contributed by atoms with Crippen molar-refractivity contribution in [2.75, 3.05) is 27.3 Å². The number of guanidine groups is 1. The Kier molecular flexibility index (Phi) is 10.4. The van der Waals surface area contributed by atoms with Crippen LogP contribution in [0.5, 0.6) is 17.2 Å². The first kappa shape index (κ1) is 22.9. The highest BCUT2D eigenvalue weighted by atomic mass is 127. The minimum absolute atomic E-state index is 0. The third kappa shape index (κ3) is 7.16. The number of hydrogen-bond donors (Lipinski definition) is 3. The van der Waals surface area contributed by atoms with Gasteiger partial charge in [-0.05, 0) is 42.7 Å². The normalized spacial score (nSPS) is 10.7. The zero-order chi connectivity index (χ0) is 18.8. The molecule has 2 aromatic rings. The van der Waals surface area contributed by atoms with E-state index in [-0.39, 0.29) is 29.7 Å². The van der Waals surface area contributed by atoms with Crippen LogP contribution < -0.4 is 20.1 Å². The van der Waals surface area contributed by atoms with Crippen LogP contribution in [0, 0.1) is 0 Å². The van der Waals surface area contributed by atoms with E-state index in [9.17, 15) is 5.11 Å². The molecule has 0 aliphatic heterocycles. The lowest BCUT2D eigenvalue weighted by Gasteiger charge is -2.13. The highest BCUT2D eigenvalue weighted by Crippen LogP contribution is 2.29. The molecule has 0 aliphatic carbocycles. The molecule has 0 amide bonds. The molecule has 0 saturated carbocycles. The Hall–Kier alpha value is -2.16. The SMILES string of the molecule is CCNC(=NCc1ccc(OC)cc1)NCCc1cccc(OC)c1O.I. The number of benzene rings is 2. The fourth-order valence-corrected chi connectivity index (χ4v) is 2.49. The molecule has 0 bridgehead atoms. The number of methoxy groups -OCH3 is 2. The Bertz CT molecular complexity index is 721. The number of aliphatic imine (C=N–C) groups is 1. The zero-order valence-electron chi connectivity index (χ0n) is 16.0. The molecule has 2 aromatic carbocycles. The van der Waals surface area contributed by atoms with Crippen LogP contribution in [-0.2, 0) is 13.0 Å². The number of ether oxygens (including phenoxy) is 2. The molecular formula is C20H28IN3O3. The van der Waals surface area contributed by atoms with Crippen LogP contribution in [0.2, 0.25) is 0 Å². The predicted molar refractivity (Wildman–Crippen MR) is 120 cm³/mol. The molecule has 6 nitrogen and oxygen atoms in total. The van der Waals surface area contributed by atoms with Crippen molar-refractivity contribution in [1.29, 1.82) is 0 Å². The van der Waals surface area contributed by atoms with Crippen molar-refractivity contribution in [3.63, 3.8) is 0 Å². The summed E-state index contributed by atoms with van der Waals surface area (Å²) in [6.07, 6.45) is 0.663. The summed E-state index contributed by atoms with van der Waals surface area (Å²) in [4.78, 5) is 4.59. The lowest BCUT2D eigenvalue weighted by Crippen LogP contribution is -2.38. The summed E-state index contributed by atoms with van der Waals surface area (Å²) < 4.78 is 10.3. The van der Waals surface area contributed by atoms with Gasteiger partial charge in [0.25, 0.3) is 0 Å². The van der Waals surface area contributed by atoms with Crippen LogP contribution in [0.15, 0.2) is 47.5 Å². The van der Waals surface area contributed by atoms with Gasteiger partial charge in [-0.3, -0.25) is 0 Å². The number of nitrogens with one attached hydrogen (secondary N) is 2. The van der Waals surface area contributed by atoms with E-state index in [1.807, 2.05) is 43.3 Å². The van der Waals surface area contributed by atoms with Crippen LogP contribution >= 0.6 is 24.0 Å². The average Bonchev–Trinajstić information content (AvgIpc) is 2.67. The molecule has 0 spiro atoms. The van der Waals surface area contributed by atoms with Gasteiger partial charge in [0.1, 0.15) is 5.75 Å². The van der Waals surface area contributed by atoms with E-state index in [0.29, 0.717) is 25.3 Å². The first-order valence-corrected chi connectivity index (χ1v) is 8.67. The summed E-state index contributed by atoms with van der Waals surface area (Å²) in [6.45, 7) is 4.02. The number of phenolic OH excluding ortho intramolecular Hbond substituents is 1. The Morgan fingerprint density at radius 1 is 1.04 bits per heavy atom. The second-order valence-corrected chi connectivity index (χ2v) is 5.69. The Balaban J connectivity index is 0.00000364. The van der Waals surface area contributed by atoms with E-state index >= 15 is 0 Å². The second-order valence-electron chi connectivity index (χ2n) is 5.69. The van der Waals surface area contributed by atoms with E-state index in [1.165, 1.54) is 0 Å². The summed E-state index contributed by atoms with van der Waals surface area (Å²) in [5.41, 5.74) is 1.94. The molecule has 0 fully saturated rings. The van der Waals surface area contributed by atoms with Crippen LogP contribution in [0.4, 0.5) is 0 Å². The first-order chi connectivity index (χ1) is 12.7. The summed E-state index contributed by atoms with van der Waals surface area (Å²) >= 11 is 0. The number of phenols is 1. The molecule has 0 radical (unpaired) electrons. The molecule has 27 heavy (non-hydrogen) atoms. The third-order valence-corrected chi connectivity index (χ3v) is 3.91. The molecule has 7 heteroatoms. The van der Waals surface area contributed by atoms with Crippen molar-refractivity contribution in [1.82, 2.24) is 10.6 Å². The van der Waals surface area contributed by atoms with Gasteiger partial charge in [-0.25, -0.2) is 4.99 Å². The molecule has 0 saturated heterocycles. The van der Waals surface area contributed by atoms with E-state index in [4.69, 9.17) is 9.47 Å². The lowest BCUT2D eigenvalue weighted by molar-refractivity contribution is 0.370. The number of nitrogens with zero attached hydrogens (tertiary/aromatic N) is 1. The van der Waals surface area contributed by atoms with Crippen LogP contribution in [0.3, 0.4) is 0 Å². The quantitative estimate of drug-likeness (QED) is 0.304. The summed E-state index contributed by atoms with van der Waals surface area (Å²) in [6, 6.07) is 13.4. The van der Waals surface area contributed by atoms with Gasteiger partial charge >= 0.3 is 0 Å². The minimum Gasteiger partial charge on any atom is -0.504 e. The Labute approximate surface area is 178 Å². The van der Waals surface area contributed by atoms with Gasteiger partial charge in [0, 0.05) is 13.1 Å². The van der Waals surface area contributed by atoms with E-state index in [1.54, 1.807) is 20.3 Å². The van der Waals surface area contributed by atoms with Gasteiger partial charge in [0.15, 0.2) is 17.5 Å². The Morgan fingerprint density at radius 3 is 2.41 bits per heavy atom. The van der Waals surface area contributed by atoms with Crippen molar-refractivity contribution in [2.24, 2.45) is 4.99 Å². The second kappa shape index (κ2) is 12.3. The monoisotopic (exact) mass is 485 g/mol. The highest BCUT2D eigenvalue weighted by molar-refractivity contribution is 14.0. The molecule has 0 unspecified atom stereocenters. The van der Waals surface area contributed by atoms with E-state index < -0.39 is 0 Å². The maximum atomic E-state index is 10.1. The number of hydrogen-bond acceptors (Lipinski definition) is 4. The summed E-state index contributed by atoms with van der Waals surface area (Å²) in [7, 11) is 3.20. The average molecular weight is 485 g/mol. The van der Waals surface area contributed by atoms with E-state index in [0.717, 1.165) is 29.4 Å². The molecule has 148 valence electrons. The van der Waals surface area contributed by atoms with Gasteiger partial charge < -0.3 is 25.2 Å². The number of aromatic hydroxyl groups is 1. The van der Waals surface area contributed by atoms with Crippen LogP contribution in [0.25, 0.3) is 0 Å². The topological polar surface area (TPSA) is 75.1 Å². The van der Waals surface area contributed by atoms with Gasteiger partial charge in [-0.2, -0.15) is 0 Å². The maximum absolute atomic E-state index is 10.1. The van der Waals surface area contributed by atoms with E-state index in [2.05, 4.69) is 15.6 Å². The molecule has 0 atom stereocenters. The van der Waals surface area contributed by atoms with Crippen molar-refractivity contribution in [3.8, 4) is 17.2 Å². The third-order valence-electron chi connectivity index (χ3n) is 3.91. The van der Waals surface area contributed by atoms with Gasteiger partial charge in [0.2, 0.25) is 0 Å². The minimum atomic E-state index is 0. The largest absolute Gasteiger partial charge is 0.504 e. The highest BCUT2D eigenvalue weighted by Gasteiger charge is 2.07. The van der Waals surface area contributed by atoms with Crippen LogP contribution in [-0.4, -0.2) is 38.4 Å². The van der Waals surface area contributed by atoms with Crippen molar-refractivity contribution in [3.05, 3.63) is 53.6 Å². The fraction of sp³-hybridized carbons (Fsp3) is 0.350. The maximum Gasteiger partial charge on any atom is 0.191 e. The standard InChI is InChI=1S/C20H27N3O3.HI/c1-4-21-20(23-14-15-8-10-17(25-2)11-9-15)22-13-12-16-6-5-7-18(26-3)19(16)24;/h5-11,24H,4,12-14H2,1-3H3,(H2,21,22,23);1H. The fourth-order valence-electron chi connectivity index (χ4n) is 2.49.